The van der Waals surface area contributed by atoms with Gasteiger partial charge in [-0.2, -0.15) is 5.26 Å². The first-order valence-corrected chi connectivity index (χ1v) is 6.70. The Hall–Kier alpha value is -1.61. The lowest BCUT2D eigenvalue weighted by Crippen LogP contribution is -2.17. The summed E-state index contributed by atoms with van der Waals surface area (Å²) in [4.78, 5) is 3.81. The fourth-order valence-electron chi connectivity index (χ4n) is 1.10. The molecule has 0 atom stereocenters. The molecule has 16 heavy (non-hydrogen) atoms. The van der Waals surface area contributed by atoms with Crippen molar-refractivity contribution in [2.75, 3.05) is 23.4 Å². The van der Waals surface area contributed by atoms with Crippen LogP contribution in [0.25, 0.3) is 0 Å². The van der Waals surface area contributed by atoms with Crippen LogP contribution in [-0.2, 0) is 9.84 Å². The Morgan fingerprint density at radius 2 is 2.31 bits per heavy atom. The molecule has 1 N–H and O–H groups in total. The molecule has 5 nitrogen and oxygen atoms in total. The molecule has 0 aliphatic heterocycles. The first kappa shape index (κ1) is 12.5. The van der Waals surface area contributed by atoms with E-state index in [2.05, 4.69) is 10.3 Å². The molecule has 0 saturated carbocycles. The van der Waals surface area contributed by atoms with Crippen molar-refractivity contribution in [3.05, 3.63) is 24.0 Å². The van der Waals surface area contributed by atoms with Gasteiger partial charge in [0.15, 0.2) is 9.84 Å². The second-order valence-electron chi connectivity index (χ2n) is 3.20. The van der Waals surface area contributed by atoms with Crippen molar-refractivity contribution in [1.29, 1.82) is 5.26 Å². The Balaban J connectivity index is 2.53. The van der Waals surface area contributed by atoms with Crippen LogP contribution in [0, 0.1) is 11.3 Å². The number of pyridine rings is 1. The van der Waals surface area contributed by atoms with Crippen molar-refractivity contribution in [1.82, 2.24) is 4.98 Å². The zero-order valence-electron chi connectivity index (χ0n) is 8.97. The van der Waals surface area contributed by atoms with E-state index in [4.69, 9.17) is 5.26 Å². The third-order valence-corrected chi connectivity index (χ3v) is 3.76. The van der Waals surface area contributed by atoms with E-state index in [1.165, 1.54) is 6.20 Å². The molecule has 6 heteroatoms. The number of nitrogens with one attached hydrogen (secondary N) is 1. The van der Waals surface area contributed by atoms with E-state index in [1.54, 1.807) is 19.1 Å². The Morgan fingerprint density at radius 3 is 2.94 bits per heavy atom. The number of nitriles is 1. The van der Waals surface area contributed by atoms with E-state index < -0.39 is 9.84 Å². The van der Waals surface area contributed by atoms with Gasteiger partial charge in [-0.25, -0.2) is 13.4 Å². The predicted octanol–water partition coefficient (Wildman–Crippen LogP) is 0.800. The van der Waals surface area contributed by atoms with Gasteiger partial charge in [-0.15, -0.1) is 0 Å². The summed E-state index contributed by atoms with van der Waals surface area (Å²) in [6, 6.07) is 5.19. The van der Waals surface area contributed by atoms with Crippen molar-refractivity contribution in [2.24, 2.45) is 0 Å². The maximum atomic E-state index is 11.2. The highest BCUT2D eigenvalue weighted by molar-refractivity contribution is 7.91. The second-order valence-corrected chi connectivity index (χ2v) is 5.68. The minimum Gasteiger partial charge on any atom is -0.384 e. The summed E-state index contributed by atoms with van der Waals surface area (Å²) in [5, 5.41) is 11.6. The van der Waals surface area contributed by atoms with Gasteiger partial charge in [0.2, 0.25) is 0 Å². The Morgan fingerprint density at radius 1 is 1.56 bits per heavy atom. The molecule has 0 saturated heterocycles. The smallest absolute Gasteiger partial charge is 0.151 e. The largest absolute Gasteiger partial charge is 0.384 e. The Labute approximate surface area is 95.0 Å². The lowest BCUT2D eigenvalue weighted by atomic mass is 10.3. The summed E-state index contributed by atoms with van der Waals surface area (Å²) in [6.45, 7) is 1.96. The number of rotatable bonds is 5. The summed E-state index contributed by atoms with van der Waals surface area (Å²) in [7, 11) is -2.95. The first-order valence-electron chi connectivity index (χ1n) is 4.88. The lowest BCUT2D eigenvalue weighted by molar-refractivity contribution is 0.597. The molecule has 0 amide bonds. The number of nitrogens with zero attached hydrogens (tertiary/aromatic N) is 2. The van der Waals surface area contributed by atoms with Gasteiger partial charge in [-0.3, -0.25) is 0 Å². The van der Waals surface area contributed by atoms with Crippen LogP contribution in [0.3, 0.4) is 0 Å². The zero-order chi connectivity index (χ0) is 12.0. The zero-order valence-corrected chi connectivity index (χ0v) is 9.79. The molecule has 1 rings (SSSR count). The third-order valence-electron chi connectivity index (χ3n) is 2.06. The van der Waals surface area contributed by atoms with Gasteiger partial charge in [0.05, 0.1) is 5.75 Å². The first-order chi connectivity index (χ1) is 7.57. The standard InChI is InChI=1S/C10H13N3O2S/c1-2-16(14,15)6-5-13-9-3-4-12-10(7-9)8-11/h3-4,7H,2,5-6H2,1H3,(H,12,13). The lowest BCUT2D eigenvalue weighted by Gasteiger charge is -2.05. The average molecular weight is 239 g/mol. The predicted molar refractivity (Wildman–Crippen MR) is 61.8 cm³/mol. The Kier molecular flexibility index (Phi) is 4.26. The van der Waals surface area contributed by atoms with Crippen LogP contribution in [0.1, 0.15) is 12.6 Å². The van der Waals surface area contributed by atoms with Crippen molar-refractivity contribution in [3.63, 3.8) is 0 Å². The molecule has 0 aliphatic rings. The number of hydrogen-bond acceptors (Lipinski definition) is 5. The molecule has 1 heterocycles. The monoisotopic (exact) mass is 239 g/mol. The van der Waals surface area contributed by atoms with E-state index >= 15 is 0 Å². The highest BCUT2D eigenvalue weighted by Gasteiger charge is 2.06. The summed E-state index contributed by atoms with van der Waals surface area (Å²) in [5.41, 5.74) is 1.02. The van der Waals surface area contributed by atoms with Crippen molar-refractivity contribution >= 4 is 15.5 Å². The van der Waals surface area contributed by atoms with E-state index in [1.807, 2.05) is 6.07 Å². The normalized spacial score (nSPS) is 10.8. The number of aromatic nitrogens is 1. The minimum atomic E-state index is -2.95. The van der Waals surface area contributed by atoms with Gasteiger partial charge in [0.1, 0.15) is 11.8 Å². The molecular weight excluding hydrogens is 226 g/mol. The van der Waals surface area contributed by atoms with Crippen LogP contribution in [-0.4, -0.2) is 31.5 Å². The quantitative estimate of drug-likeness (QED) is 0.821. The van der Waals surface area contributed by atoms with Crippen LogP contribution in [0.4, 0.5) is 5.69 Å². The maximum absolute atomic E-state index is 11.2. The van der Waals surface area contributed by atoms with Crippen LogP contribution in [0.5, 0.6) is 0 Å². The van der Waals surface area contributed by atoms with Gasteiger partial charge in [0, 0.05) is 24.2 Å². The molecule has 0 spiro atoms. The molecule has 0 fully saturated rings. The molecule has 1 aromatic rings. The van der Waals surface area contributed by atoms with E-state index in [0.29, 0.717) is 17.9 Å². The van der Waals surface area contributed by atoms with Gasteiger partial charge in [-0.05, 0) is 12.1 Å². The summed E-state index contributed by atoms with van der Waals surface area (Å²) in [6.07, 6.45) is 1.51. The molecule has 86 valence electrons. The van der Waals surface area contributed by atoms with Crippen molar-refractivity contribution in [2.45, 2.75) is 6.92 Å². The topological polar surface area (TPSA) is 82.8 Å². The number of anilines is 1. The van der Waals surface area contributed by atoms with Crippen LogP contribution in [0.15, 0.2) is 18.3 Å². The fraction of sp³-hybridized carbons (Fsp3) is 0.400. The molecule has 0 bridgehead atoms. The fourth-order valence-corrected chi connectivity index (χ4v) is 1.80. The number of hydrogen-bond donors (Lipinski definition) is 1. The second kappa shape index (κ2) is 5.47. The number of sulfone groups is 1. The maximum Gasteiger partial charge on any atom is 0.151 e. The summed E-state index contributed by atoms with van der Waals surface area (Å²) < 4.78 is 22.4. The molecule has 0 aromatic carbocycles. The molecule has 0 unspecified atom stereocenters. The third kappa shape index (κ3) is 3.87. The van der Waals surface area contributed by atoms with Gasteiger partial charge >= 0.3 is 0 Å². The van der Waals surface area contributed by atoms with Crippen LogP contribution < -0.4 is 5.32 Å². The van der Waals surface area contributed by atoms with Crippen LogP contribution in [0.2, 0.25) is 0 Å². The van der Waals surface area contributed by atoms with E-state index in [0.717, 1.165) is 0 Å². The minimum absolute atomic E-state index is 0.0910. The highest BCUT2D eigenvalue weighted by Crippen LogP contribution is 2.06. The van der Waals surface area contributed by atoms with E-state index in [9.17, 15) is 8.42 Å². The molecule has 0 aliphatic carbocycles. The van der Waals surface area contributed by atoms with Crippen LogP contribution >= 0.6 is 0 Å². The molecule has 1 aromatic heterocycles. The van der Waals surface area contributed by atoms with Gasteiger partial charge in [-0.1, -0.05) is 6.92 Å². The molecular formula is C10H13N3O2S. The average Bonchev–Trinajstić information content (AvgIpc) is 2.29. The van der Waals surface area contributed by atoms with E-state index in [-0.39, 0.29) is 11.5 Å². The SMILES string of the molecule is CCS(=O)(=O)CCNc1ccnc(C#N)c1. The van der Waals surface area contributed by atoms with Gasteiger partial charge in [0.25, 0.3) is 0 Å². The van der Waals surface area contributed by atoms with Gasteiger partial charge < -0.3 is 5.32 Å². The molecule has 0 radical (unpaired) electrons. The van der Waals surface area contributed by atoms with Crippen molar-refractivity contribution in [3.8, 4) is 6.07 Å². The summed E-state index contributed by atoms with van der Waals surface area (Å²) >= 11 is 0. The highest BCUT2D eigenvalue weighted by atomic mass is 32.2. The summed E-state index contributed by atoms with van der Waals surface area (Å²) in [5.74, 6) is 0.238. The van der Waals surface area contributed by atoms with Crippen molar-refractivity contribution < 1.29 is 8.42 Å². The Bertz CT molecular complexity index is 491.